The molecule has 0 spiro atoms. The highest BCUT2D eigenvalue weighted by atomic mass is 79.9. The van der Waals surface area contributed by atoms with Crippen LogP contribution in [0.5, 0.6) is 11.5 Å². The zero-order valence-electron chi connectivity index (χ0n) is 13.2. The first-order chi connectivity index (χ1) is 12.0. The van der Waals surface area contributed by atoms with Crippen LogP contribution in [-0.2, 0) is 4.79 Å². The van der Waals surface area contributed by atoms with Gasteiger partial charge in [0.15, 0.2) is 11.5 Å². The van der Waals surface area contributed by atoms with Crippen molar-refractivity contribution in [1.29, 1.82) is 0 Å². The quantitative estimate of drug-likeness (QED) is 0.236. The summed E-state index contributed by atoms with van der Waals surface area (Å²) in [6, 6.07) is 12.4. The summed E-state index contributed by atoms with van der Waals surface area (Å²) in [6.45, 7) is 0. The number of benzene rings is 2. The first-order valence-corrected chi connectivity index (χ1v) is 7.93. The van der Waals surface area contributed by atoms with E-state index in [4.69, 9.17) is 9.47 Å². The van der Waals surface area contributed by atoms with Gasteiger partial charge in [0.1, 0.15) is 0 Å². The summed E-state index contributed by atoms with van der Waals surface area (Å²) in [6.07, 6.45) is 5.07. The maximum absolute atomic E-state index is 12.0. The normalized spacial score (nSPS) is 11.0. The molecule has 0 N–H and O–H groups in total. The van der Waals surface area contributed by atoms with Crippen LogP contribution < -0.4 is 9.47 Å². The molecule has 6 nitrogen and oxygen atoms in total. The van der Waals surface area contributed by atoms with Crippen molar-refractivity contribution in [3.8, 4) is 11.5 Å². The maximum atomic E-state index is 12.0. The molecule has 0 saturated carbocycles. The Balaban J connectivity index is 2.19. The number of halogens is 1. The fraction of sp³-hybridized carbons (Fsp3) is 0.0556. The molecule has 0 aliphatic heterocycles. The molecule has 0 amide bonds. The van der Waals surface area contributed by atoms with E-state index >= 15 is 0 Å². The Morgan fingerprint density at radius 2 is 1.88 bits per heavy atom. The van der Waals surface area contributed by atoms with Crippen molar-refractivity contribution in [2.24, 2.45) is 0 Å². The Morgan fingerprint density at radius 1 is 1.16 bits per heavy atom. The first-order valence-electron chi connectivity index (χ1n) is 7.14. The van der Waals surface area contributed by atoms with Crippen molar-refractivity contribution < 1.29 is 19.2 Å². The molecule has 0 saturated heterocycles. The summed E-state index contributed by atoms with van der Waals surface area (Å²) >= 11 is 3.29. The molecule has 0 aliphatic carbocycles. The summed E-state index contributed by atoms with van der Waals surface area (Å²) in [5, 5.41) is 10.4. The number of rotatable bonds is 6. The topological polar surface area (TPSA) is 78.7 Å². The van der Waals surface area contributed by atoms with Gasteiger partial charge in [-0.05, 0) is 45.3 Å². The monoisotopic (exact) mass is 403 g/mol. The Hall–Kier alpha value is -2.93. The molecule has 0 bridgehead atoms. The Morgan fingerprint density at radius 3 is 2.52 bits per heavy atom. The molecule has 2 rings (SSSR count). The molecule has 0 unspecified atom stereocenters. The number of methoxy groups -OCH3 is 1. The van der Waals surface area contributed by atoms with Gasteiger partial charge in [-0.15, -0.1) is 0 Å². The summed E-state index contributed by atoms with van der Waals surface area (Å²) in [5.74, 6) is -0.0984. The van der Waals surface area contributed by atoms with Gasteiger partial charge >= 0.3 is 5.97 Å². The van der Waals surface area contributed by atoms with E-state index < -0.39 is 10.9 Å². The number of nitro groups is 1. The van der Waals surface area contributed by atoms with Gasteiger partial charge in [0.05, 0.1) is 16.5 Å². The second-order valence-electron chi connectivity index (χ2n) is 4.80. The van der Waals surface area contributed by atoms with Crippen LogP contribution in [0.2, 0.25) is 0 Å². The van der Waals surface area contributed by atoms with Gasteiger partial charge in [-0.3, -0.25) is 10.1 Å². The van der Waals surface area contributed by atoms with Crippen molar-refractivity contribution in [2.45, 2.75) is 0 Å². The molecule has 0 fully saturated rings. The van der Waals surface area contributed by atoms with Gasteiger partial charge in [0, 0.05) is 12.2 Å². The average Bonchev–Trinajstić information content (AvgIpc) is 2.60. The van der Waals surface area contributed by atoms with Gasteiger partial charge in [0.2, 0.25) is 6.20 Å². The van der Waals surface area contributed by atoms with Crippen molar-refractivity contribution in [2.75, 3.05) is 7.11 Å². The summed E-state index contributed by atoms with van der Waals surface area (Å²) in [5.41, 5.74) is 1.39. The molecule has 25 heavy (non-hydrogen) atoms. The summed E-state index contributed by atoms with van der Waals surface area (Å²) < 4.78 is 11.0. The number of nitrogens with zero attached hydrogens (tertiary/aromatic N) is 1. The highest BCUT2D eigenvalue weighted by Gasteiger charge is 2.14. The smallest absolute Gasteiger partial charge is 0.336 e. The molecular weight excluding hydrogens is 390 g/mol. The van der Waals surface area contributed by atoms with E-state index in [2.05, 4.69) is 15.9 Å². The Bertz CT molecular complexity index is 831. The van der Waals surface area contributed by atoms with E-state index in [0.29, 0.717) is 10.0 Å². The Labute approximate surface area is 152 Å². The van der Waals surface area contributed by atoms with Crippen LogP contribution in [0.3, 0.4) is 0 Å². The predicted molar refractivity (Wildman–Crippen MR) is 97.8 cm³/mol. The third-order valence-corrected chi connectivity index (χ3v) is 3.64. The van der Waals surface area contributed by atoms with Crippen molar-refractivity contribution in [3.05, 3.63) is 80.5 Å². The molecule has 0 atom stereocenters. The third kappa shape index (κ3) is 5.58. The lowest BCUT2D eigenvalue weighted by Crippen LogP contribution is -2.06. The molecule has 0 aliphatic rings. The van der Waals surface area contributed by atoms with Crippen LogP contribution in [0, 0.1) is 10.1 Å². The van der Waals surface area contributed by atoms with Crippen LogP contribution in [0.25, 0.3) is 12.2 Å². The molecule has 0 heterocycles. The molecule has 2 aromatic carbocycles. The van der Waals surface area contributed by atoms with E-state index in [1.54, 1.807) is 12.1 Å². The van der Waals surface area contributed by atoms with Crippen molar-refractivity contribution in [1.82, 2.24) is 0 Å². The zero-order chi connectivity index (χ0) is 18.2. The van der Waals surface area contributed by atoms with E-state index in [-0.39, 0.29) is 11.5 Å². The molecule has 0 aromatic heterocycles. The van der Waals surface area contributed by atoms with Crippen LogP contribution in [0.4, 0.5) is 0 Å². The van der Waals surface area contributed by atoms with E-state index in [1.807, 2.05) is 30.3 Å². The number of ether oxygens (including phenoxy) is 2. The summed E-state index contributed by atoms with van der Waals surface area (Å²) in [7, 11) is 1.42. The maximum Gasteiger partial charge on any atom is 0.336 e. The second-order valence-corrected chi connectivity index (χ2v) is 5.65. The van der Waals surface area contributed by atoms with Gasteiger partial charge in [-0.25, -0.2) is 4.79 Å². The van der Waals surface area contributed by atoms with Crippen LogP contribution in [0.1, 0.15) is 11.1 Å². The third-order valence-electron chi connectivity index (χ3n) is 3.05. The second kappa shape index (κ2) is 8.79. The number of hydrogen-bond acceptors (Lipinski definition) is 5. The summed E-state index contributed by atoms with van der Waals surface area (Å²) in [4.78, 5) is 21.9. The van der Waals surface area contributed by atoms with Crippen LogP contribution >= 0.6 is 15.9 Å². The average molecular weight is 404 g/mol. The van der Waals surface area contributed by atoms with Gasteiger partial charge in [-0.1, -0.05) is 30.3 Å². The van der Waals surface area contributed by atoms with E-state index in [1.165, 1.54) is 25.3 Å². The number of carbonyl (C=O) groups is 1. The molecule has 2 aromatic rings. The standard InChI is InChI=1S/C18H14BrNO5/c1-24-16-12-14(9-10-20(22)23)11-15(19)18(16)25-17(21)8-7-13-5-3-2-4-6-13/h2-12H,1H3/b8-7+,10-9+. The van der Waals surface area contributed by atoms with Crippen LogP contribution in [-0.4, -0.2) is 18.0 Å². The molecule has 7 heteroatoms. The molecular formula is C18H14BrNO5. The fourth-order valence-electron chi connectivity index (χ4n) is 1.95. The SMILES string of the molecule is COc1cc(/C=C/[N+](=O)[O-])cc(Br)c1OC(=O)/C=C/c1ccccc1. The fourth-order valence-corrected chi connectivity index (χ4v) is 2.49. The predicted octanol–water partition coefficient (Wildman–Crippen LogP) is 4.32. The van der Waals surface area contributed by atoms with Gasteiger partial charge in [0.25, 0.3) is 0 Å². The van der Waals surface area contributed by atoms with Crippen LogP contribution in [0.15, 0.2) is 59.2 Å². The lowest BCUT2D eigenvalue weighted by atomic mass is 10.2. The highest BCUT2D eigenvalue weighted by Crippen LogP contribution is 2.37. The first kappa shape index (κ1) is 18.4. The minimum Gasteiger partial charge on any atom is -0.493 e. The zero-order valence-corrected chi connectivity index (χ0v) is 14.8. The Kier molecular flexibility index (Phi) is 6.47. The lowest BCUT2D eigenvalue weighted by molar-refractivity contribution is -0.400. The van der Waals surface area contributed by atoms with Gasteiger partial charge in [-0.2, -0.15) is 0 Å². The van der Waals surface area contributed by atoms with E-state index in [9.17, 15) is 14.9 Å². The minimum absolute atomic E-state index is 0.198. The highest BCUT2D eigenvalue weighted by molar-refractivity contribution is 9.10. The molecule has 128 valence electrons. The number of carbonyl (C=O) groups excluding carboxylic acids is 1. The van der Waals surface area contributed by atoms with Crippen molar-refractivity contribution in [3.63, 3.8) is 0 Å². The van der Waals surface area contributed by atoms with E-state index in [0.717, 1.165) is 11.8 Å². The number of esters is 1. The van der Waals surface area contributed by atoms with Crippen molar-refractivity contribution >= 4 is 34.1 Å². The number of hydrogen-bond donors (Lipinski definition) is 0. The minimum atomic E-state index is -0.573. The molecule has 0 radical (unpaired) electrons. The van der Waals surface area contributed by atoms with Gasteiger partial charge < -0.3 is 9.47 Å². The lowest BCUT2D eigenvalue weighted by Gasteiger charge is -2.11. The largest absolute Gasteiger partial charge is 0.493 e.